The van der Waals surface area contributed by atoms with E-state index in [1.54, 1.807) is 0 Å². The summed E-state index contributed by atoms with van der Waals surface area (Å²) in [6, 6.07) is 5.95. The van der Waals surface area contributed by atoms with Crippen LogP contribution in [0.1, 0.15) is 12.5 Å². The van der Waals surface area contributed by atoms with Gasteiger partial charge in [-0.25, -0.2) is 0 Å². The van der Waals surface area contributed by atoms with Gasteiger partial charge in [-0.2, -0.15) is 0 Å². The van der Waals surface area contributed by atoms with Crippen molar-refractivity contribution in [2.24, 2.45) is 0 Å². The van der Waals surface area contributed by atoms with Crippen molar-refractivity contribution in [1.82, 2.24) is 10.6 Å². The molecule has 0 aliphatic heterocycles. The van der Waals surface area contributed by atoms with E-state index in [0.29, 0.717) is 11.6 Å². The van der Waals surface area contributed by atoms with E-state index in [0.717, 1.165) is 25.4 Å². The van der Waals surface area contributed by atoms with Gasteiger partial charge >= 0.3 is 0 Å². The van der Waals surface area contributed by atoms with Crippen molar-refractivity contribution in [1.29, 1.82) is 0 Å². The van der Waals surface area contributed by atoms with Crippen molar-refractivity contribution in [2.45, 2.75) is 13.3 Å². The Hall–Kier alpha value is -0.770. The number of ether oxygens (including phenoxy) is 1. The third-order valence-electron chi connectivity index (χ3n) is 2.19. The fourth-order valence-corrected chi connectivity index (χ4v) is 1.68. The van der Waals surface area contributed by atoms with Gasteiger partial charge in [-0.05, 0) is 38.1 Å². The molecule has 4 heteroatoms. The molecule has 0 aromatic heterocycles. The number of nitrogens with one attached hydrogen (secondary N) is 2. The third kappa shape index (κ3) is 4.39. The van der Waals surface area contributed by atoms with Crippen LogP contribution in [0.2, 0.25) is 5.02 Å². The first-order valence-corrected chi connectivity index (χ1v) is 5.92. The summed E-state index contributed by atoms with van der Waals surface area (Å²) >= 11 is 6.09. The first-order chi connectivity index (χ1) is 7.77. The number of hydrogen-bond acceptors (Lipinski definition) is 3. The normalized spacial score (nSPS) is 10.4. The van der Waals surface area contributed by atoms with E-state index < -0.39 is 0 Å². The summed E-state index contributed by atoms with van der Waals surface area (Å²) in [5.41, 5.74) is 1.22. The van der Waals surface area contributed by atoms with Crippen LogP contribution in [0.25, 0.3) is 0 Å². The van der Waals surface area contributed by atoms with E-state index in [9.17, 15) is 0 Å². The van der Waals surface area contributed by atoms with Crippen molar-refractivity contribution < 1.29 is 4.74 Å². The Labute approximate surface area is 102 Å². The summed E-state index contributed by atoms with van der Waals surface area (Å²) in [6.07, 6.45) is 0.966. The summed E-state index contributed by atoms with van der Waals surface area (Å²) in [5.74, 6) is 0.760. The van der Waals surface area contributed by atoms with Crippen molar-refractivity contribution in [2.75, 3.05) is 26.9 Å². The van der Waals surface area contributed by atoms with Gasteiger partial charge in [-0.1, -0.05) is 17.7 Å². The van der Waals surface area contributed by atoms with Gasteiger partial charge in [0.1, 0.15) is 5.75 Å². The second-order valence-electron chi connectivity index (χ2n) is 3.48. The Balaban J connectivity index is 2.46. The molecule has 0 amide bonds. The van der Waals surface area contributed by atoms with E-state index in [2.05, 4.69) is 16.7 Å². The molecule has 0 saturated carbocycles. The van der Waals surface area contributed by atoms with Gasteiger partial charge in [0.05, 0.1) is 11.6 Å². The molecule has 2 N–H and O–H groups in total. The average Bonchev–Trinajstić information content (AvgIpc) is 2.28. The van der Waals surface area contributed by atoms with Crippen LogP contribution in [0.5, 0.6) is 5.75 Å². The molecule has 0 radical (unpaired) electrons. The maximum atomic E-state index is 6.09. The maximum Gasteiger partial charge on any atom is 0.137 e. The largest absolute Gasteiger partial charge is 0.492 e. The molecule has 0 spiro atoms. The fraction of sp³-hybridized carbons (Fsp3) is 0.500. The third-order valence-corrected chi connectivity index (χ3v) is 2.48. The van der Waals surface area contributed by atoms with E-state index in [-0.39, 0.29) is 0 Å². The zero-order valence-corrected chi connectivity index (χ0v) is 10.6. The minimum absolute atomic E-state index is 0.642. The Morgan fingerprint density at radius 1 is 1.38 bits per heavy atom. The van der Waals surface area contributed by atoms with Gasteiger partial charge < -0.3 is 15.4 Å². The molecule has 0 saturated heterocycles. The summed E-state index contributed by atoms with van der Waals surface area (Å²) in [5, 5.41) is 6.98. The first-order valence-electron chi connectivity index (χ1n) is 5.54. The standard InChI is InChI=1S/C12H19ClN2O/c1-3-16-12-5-4-10(8-11(12)13)6-7-15-9-14-2/h4-5,8,14-15H,3,6-7,9H2,1-2H3. The van der Waals surface area contributed by atoms with Gasteiger partial charge in [0.2, 0.25) is 0 Å². The van der Waals surface area contributed by atoms with Crippen LogP contribution >= 0.6 is 11.6 Å². The molecule has 0 aliphatic rings. The Kier molecular flexibility index (Phi) is 6.23. The molecule has 0 bridgehead atoms. The lowest BCUT2D eigenvalue weighted by Crippen LogP contribution is -2.27. The molecule has 1 rings (SSSR count). The highest BCUT2D eigenvalue weighted by Gasteiger charge is 2.02. The Morgan fingerprint density at radius 3 is 2.81 bits per heavy atom. The van der Waals surface area contributed by atoms with Gasteiger partial charge in [-0.15, -0.1) is 0 Å². The molecule has 0 aliphatic carbocycles. The van der Waals surface area contributed by atoms with Crippen LogP contribution in [0.3, 0.4) is 0 Å². The lowest BCUT2D eigenvalue weighted by Gasteiger charge is -2.08. The van der Waals surface area contributed by atoms with Gasteiger partial charge in [0, 0.05) is 13.2 Å². The fourth-order valence-electron chi connectivity index (χ4n) is 1.42. The maximum absolute atomic E-state index is 6.09. The number of rotatable bonds is 7. The van der Waals surface area contributed by atoms with Crippen LogP contribution < -0.4 is 15.4 Å². The van der Waals surface area contributed by atoms with E-state index in [1.165, 1.54) is 5.56 Å². The van der Waals surface area contributed by atoms with Crippen LogP contribution in [0.4, 0.5) is 0 Å². The SMILES string of the molecule is CCOc1ccc(CCNCNC)cc1Cl. The summed E-state index contributed by atoms with van der Waals surface area (Å²) in [7, 11) is 1.92. The van der Waals surface area contributed by atoms with E-state index in [1.807, 2.05) is 26.1 Å². The van der Waals surface area contributed by atoms with Crippen LogP contribution in [-0.2, 0) is 6.42 Å². The molecule has 16 heavy (non-hydrogen) atoms. The molecular formula is C12H19ClN2O. The lowest BCUT2D eigenvalue weighted by atomic mass is 10.1. The molecule has 0 heterocycles. The highest BCUT2D eigenvalue weighted by atomic mass is 35.5. The van der Waals surface area contributed by atoms with Crippen molar-refractivity contribution >= 4 is 11.6 Å². The second kappa shape index (κ2) is 7.49. The first kappa shape index (κ1) is 13.3. The Bertz CT molecular complexity index is 318. The zero-order valence-electron chi connectivity index (χ0n) is 9.85. The van der Waals surface area contributed by atoms with Crippen LogP contribution in [-0.4, -0.2) is 26.9 Å². The summed E-state index contributed by atoms with van der Waals surface area (Å²) < 4.78 is 5.38. The van der Waals surface area contributed by atoms with Crippen molar-refractivity contribution in [3.05, 3.63) is 28.8 Å². The molecule has 90 valence electrons. The zero-order chi connectivity index (χ0) is 11.8. The monoisotopic (exact) mass is 242 g/mol. The quantitative estimate of drug-likeness (QED) is 0.567. The molecular weight excluding hydrogens is 224 g/mol. The summed E-state index contributed by atoms with van der Waals surface area (Å²) in [4.78, 5) is 0. The summed E-state index contributed by atoms with van der Waals surface area (Å²) in [6.45, 7) is 4.35. The number of benzene rings is 1. The molecule has 0 fully saturated rings. The highest BCUT2D eigenvalue weighted by Crippen LogP contribution is 2.25. The predicted octanol–water partition coefficient (Wildman–Crippen LogP) is 2.05. The number of hydrogen-bond donors (Lipinski definition) is 2. The average molecular weight is 243 g/mol. The second-order valence-corrected chi connectivity index (χ2v) is 3.89. The van der Waals surface area contributed by atoms with Gasteiger partial charge in [0.15, 0.2) is 0 Å². The molecule has 0 unspecified atom stereocenters. The molecule has 3 nitrogen and oxygen atoms in total. The van der Waals surface area contributed by atoms with E-state index >= 15 is 0 Å². The lowest BCUT2D eigenvalue weighted by molar-refractivity contribution is 0.340. The minimum atomic E-state index is 0.642. The Morgan fingerprint density at radius 2 is 2.19 bits per heavy atom. The number of halogens is 1. The van der Waals surface area contributed by atoms with E-state index in [4.69, 9.17) is 16.3 Å². The molecule has 1 aromatic carbocycles. The molecule has 0 atom stereocenters. The van der Waals surface area contributed by atoms with Crippen LogP contribution in [0.15, 0.2) is 18.2 Å². The smallest absolute Gasteiger partial charge is 0.137 e. The highest BCUT2D eigenvalue weighted by molar-refractivity contribution is 6.32. The minimum Gasteiger partial charge on any atom is -0.492 e. The van der Waals surface area contributed by atoms with Crippen molar-refractivity contribution in [3.8, 4) is 5.75 Å². The molecule has 1 aromatic rings. The predicted molar refractivity (Wildman–Crippen MR) is 68.3 cm³/mol. The van der Waals surface area contributed by atoms with Gasteiger partial charge in [0.25, 0.3) is 0 Å². The topological polar surface area (TPSA) is 33.3 Å². The van der Waals surface area contributed by atoms with Crippen LogP contribution in [0, 0.1) is 0 Å². The van der Waals surface area contributed by atoms with Gasteiger partial charge in [-0.3, -0.25) is 0 Å². The van der Waals surface area contributed by atoms with Crippen molar-refractivity contribution in [3.63, 3.8) is 0 Å².